The second-order valence-electron chi connectivity index (χ2n) is 6.36. The molecule has 22 heavy (non-hydrogen) atoms. The average Bonchev–Trinajstić information content (AvgIpc) is 2.55. The second kappa shape index (κ2) is 13.8. The number of aliphatic hydroxyl groups is 1. The summed E-state index contributed by atoms with van der Waals surface area (Å²) in [6, 6.07) is 10.5. The van der Waals surface area contributed by atoms with Crippen molar-refractivity contribution < 1.29 is 5.11 Å². The van der Waals surface area contributed by atoms with E-state index in [0.717, 1.165) is 32.4 Å². The highest BCUT2D eigenvalue weighted by atomic mass is 16.3. The van der Waals surface area contributed by atoms with E-state index in [2.05, 4.69) is 36.5 Å². The molecule has 2 N–H and O–H groups in total. The summed E-state index contributed by atoms with van der Waals surface area (Å²) < 4.78 is 0. The van der Waals surface area contributed by atoms with Gasteiger partial charge in [0.05, 0.1) is 6.10 Å². The molecule has 0 radical (unpaired) electrons. The molecule has 0 amide bonds. The van der Waals surface area contributed by atoms with Gasteiger partial charge in [0.1, 0.15) is 0 Å². The van der Waals surface area contributed by atoms with Crippen LogP contribution in [0.3, 0.4) is 0 Å². The zero-order chi connectivity index (χ0) is 15.9. The van der Waals surface area contributed by atoms with Crippen LogP contribution in [0.2, 0.25) is 0 Å². The summed E-state index contributed by atoms with van der Waals surface area (Å²) in [6.07, 6.45) is 12.4. The van der Waals surface area contributed by atoms with Crippen molar-refractivity contribution in [1.29, 1.82) is 0 Å². The van der Waals surface area contributed by atoms with Gasteiger partial charge in [0.2, 0.25) is 0 Å². The second-order valence-corrected chi connectivity index (χ2v) is 6.36. The number of rotatable bonds is 14. The standard InChI is InChI=1S/C20H35NO/c1-2-3-4-5-6-7-8-12-15-20(22)18-21-17-16-19-13-10-9-11-14-19/h9-11,13-14,20-22H,2-8,12,15-18H2,1H3. The predicted octanol–water partition coefficient (Wildman–Crippen LogP) is 4.71. The van der Waals surface area contributed by atoms with Crippen molar-refractivity contribution in [2.45, 2.75) is 77.2 Å². The topological polar surface area (TPSA) is 32.3 Å². The van der Waals surface area contributed by atoms with Gasteiger partial charge in [-0.1, -0.05) is 88.6 Å². The molecular formula is C20H35NO. The van der Waals surface area contributed by atoms with Gasteiger partial charge in [-0.25, -0.2) is 0 Å². The molecule has 0 saturated heterocycles. The molecule has 0 heterocycles. The Bertz CT molecular complexity index is 339. The monoisotopic (exact) mass is 305 g/mol. The molecule has 0 fully saturated rings. The number of hydrogen-bond acceptors (Lipinski definition) is 2. The van der Waals surface area contributed by atoms with E-state index in [1.807, 2.05) is 6.07 Å². The highest BCUT2D eigenvalue weighted by Crippen LogP contribution is 2.10. The number of aliphatic hydroxyl groups excluding tert-OH is 1. The summed E-state index contributed by atoms with van der Waals surface area (Å²) in [7, 11) is 0. The van der Waals surface area contributed by atoms with Crippen LogP contribution in [0.5, 0.6) is 0 Å². The number of nitrogens with one attached hydrogen (secondary N) is 1. The van der Waals surface area contributed by atoms with Gasteiger partial charge in [0.15, 0.2) is 0 Å². The molecule has 0 aliphatic carbocycles. The summed E-state index contributed by atoms with van der Waals surface area (Å²) in [4.78, 5) is 0. The largest absolute Gasteiger partial charge is 0.392 e. The first-order valence-corrected chi connectivity index (χ1v) is 9.25. The third kappa shape index (κ3) is 10.8. The van der Waals surface area contributed by atoms with E-state index < -0.39 is 0 Å². The lowest BCUT2D eigenvalue weighted by Crippen LogP contribution is -2.28. The predicted molar refractivity (Wildman–Crippen MR) is 96.2 cm³/mol. The van der Waals surface area contributed by atoms with Gasteiger partial charge in [-0.05, 0) is 24.9 Å². The molecule has 1 aromatic rings. The quantitative estimate of drug-likeness (QED) is 0.488. The van der Waals surface area contributed by atoms with Crippen molar-refractivity contribution in [2.24, 2.45) is 0 Å². The van der Waals surface area contributed by atoms with E-state index in [-0.39, 0.29) is 6.10 Å². The van der Waals surface area contributed by atoms with Crippen LogP contribution in [0.15, 0.2) is 30.3 Å². The van der Waals surface area contributed by atoms with Gasteiger partial charge in [-0.3, -0.25) is 0 Å². The van der Waals surface area contributed by atoms with Crippen LogP contribution >= 0.6 is 0 Å². The van der Waals surface area contributed by atoms with E-state index in [4.69, 9.17) is 0 Å². The first-order chi connectivity index (χ1) is 10.8. The Morgan fingerprint density at radius 1 is 0.909 bits per heavy atom. The maximum atomic E-state index is 9.96. The Hall–Kier alpha value is -0.860. The van der Waals surface area contributed by atoms with E-state index in [1.165, 1.54) is 50.5 Å². The fourth-order valence-corrected chi connectivity index (χ4v) is 2.76. The van der Waals surface area contributed by atoms with Crippen molar-refractivity contribution in [3.8, 4) is 0 Å². The van der Waals surface area contributed by atoms with Gasteiger partial charge >= 0.3 is 0 Å². The molecule has 1 aromatic carbocycles. The normalized spacial score (nSPS) is 12.5. The third-order valence-electron chi connectivity index (χ3n) is 4.20. The van der Waals surface area contributed by atoms with Crippen LogP contribution in [0.1, 0.15) is 70.3 Å². The molecule has 2 heteroatoms. The summed E-state index contributed by atoms with van der Waals surface area (Å²) in [5.74, 6) is 0. The van der Waals surface area contributed by atoms with E-state index in [9.17, 15) is 5.11 Å². The minimum absolute atomic E-state index is 0.184. The Morgan fingerprint density at radius 3 is 2.23 bits per heavy atom. The van der Waals surface area contributed by atoms with Gasteiger partial charge in [-0.2, -0.15) is 0 Å². The van der Waals surface area contributed by atoms with E-state index in [0.29, 0.717) is 0 Å². The lowest BCUT2D eigenvalue weighted by atomic mass is 10.1. The van der Waals surface area contributed by atoms with E-state index >= 15 is 0 Å². The third-order valence-corrected chi connectivity index (χ3v) is 4.20. The SMILES string of the molecule is CCCCCCCCCCC(O)CNCCc1ccccc1. The fraction of sp³-hybridized carbons (Fsp3) is 0.700. The minimum atomic E-state index is -0.184. The van der Waals surface area contributed by atoms with Crippen LogP contribution in [-0.4, -0.2) is 24.3 Å². The van der Waals surface area contributed by atoms with Crippen LogP contribution in [0.4, 0.5) is 0 Å². The van der Waals surface area contributed by atoms with Gasteiger partial charge in [0.25, 0.3) is 0 Å². The highest BCUT2D eigenvalue weighted by molar-refractivity contribution is 5.14. The zero-order valence-electron chi connectivity index (χ0n) is 14.4. The van der Waals surface area contributed by atoms with Crippen LogP contribution in [0, 0.1) is 0 Å². The number of benzene rings is 1. The molecule has 1 rings (SSSR count). The molecule has 0 aliphatic rings. The lowest BCUT2D eigenvalue weighted by molar-refractivity contribution is 0.158. The summed E-state index contributed by atoms with van der Waals surface area (Å²) >= 11 is 0. The van der Waals surface area contributed by atoms with Crippen LogP contribution in [-0.2, 0) is 6.42 Å². The van der Waals surface area contributed by atoms with Crippen molar-refractivity contribution in [3.63, 3.8) is 0 Å². The van der Waals surface area contributed by atoms with Crippen LogP contribution in [0.25, 0.3) is 0 Å². The Kier molecular flexibility index (Phi) is 12.0. The highest BCUT2D eigenvalue weighted by Gasteiger charge is 2.03. The molecule has 2 nitrogen and oxygen atoms in total. The minimum Gasteiger partial charge on any atom is -0.392 e. The average molecular weight is 306 g/mol. The lowest BCUT2D eigenvalue weighted by Gasteiger charge is -2.11. The molecule has 0 saturated carbocycles. The Balaban J connectivity index is 1.86. The smallest absolute Gasteiger partial charge is 0.0664 e. The molecule has 0 bridgehead atoms. The molecule has 0 spiro atoms. The van der Waals surface area contributed by atoms with Crippen molar-refractivity contribution in [3.05, 3.63) is 35.9 Å². The summed E-state index contributed by atoms with van der Waals surface area (Å²) in [6.45, 7) is 3.93. The van der Waals surface area contributed by atoms with Gasteiger partial charge in [-0.15, -0.1) is 0 Å². The molecule has 0 aromatic heterocycles. The van der Waals surface area contributed by atoms with Crippen molar-refractivity contribution >= 4 is 0 Å². The van der Waals surface area contributed by atoms with Gasteiger partial charge in [0, 0.05) is 6.54 Å². The molecular weight excluding hydrogens is 270 g/mol. The van der Waals surface area contributed by atoms with Crippen LogP contribution < -0.4 is 5.32 Å². The number of unbranched alkanes of at least 4 members (excludes halogenated alkanes) is 7. The molecule has 1 atom stereocenters. The molecule has 1 unspecified atom stereocenters. The van der Waals surface area contributed by atoms with Crippen molar-refractivity contribution in [2.75, 3.05) is 13.1 Å². The summed E-state index contributed by atoms with van der Waals surface area (Å²) in [5, 5.41) is 13.3. The Labute approximate surface area is 137 Å². The molecule has 0 aliphatic heterocycles. The maximum Gasteiger partial charge on any atom is 0.0664 e. The number of hydrogen-bond donors (Lipinski definition) is 2. The fourth-order valence-electron chi connectivity index (χ4n) is 2.76. The first kappa shape index (κ1) is 19.2. The molecule has 126 valence electrons. The Morgan fingerprint density at radius 2 is 1.55 bits per heavy atom. The maximum absolute atomic E-state index is 9.96. The first-order valence-electron chi connectivity index (χ1n) is 9.25. The van der Waals surface area contributed by atoms with E-state index in [1.54, 1.807) is 0 Å². The van der Waals surface area contributed by atoms with Gasteiger partial charge < -0.3 is 10.4 Å². The zero-order valence-corrected chi connectivity index (χ0v) is 14.4. The summed E-state index contributed by atoms with van der Waals surface area (Å²) in [5.41, 5.74) is 1.35. The van der Waals surface area contributed by atoms with Crippen molar-refractivity contribution in [1.82, 2.24) is 5.32 Å².